The van der Waals surface area contributed by atoms with Crippen LogP contribution in [0.3, 0.4) is 0 Å². The number of nitro benzene ring substituents is 1. The molecule has 1 heterocycles. The van der Waals surface area contributed by atoms with Crippen LogP contribution in [-0.4, -0.2) is 69.9 Å². The molecule has 0 radical (unpaired) electrons. The molecule has 0 aromatic heterocycles. The van der Waals surface area contributed by atoms with Crippen LogP contribution in [0.1, 0.15) is 13.8 Å². The summed E-state index contributed by atoms with van der Waals surface area (Å²) in [6, 6.07) is 3.59. The molecule has 1 aromatic carbocycles. The number of sulfone groups is 1. The third-order valence-electron chi connectivity index (χ3n) is 4.02. The number of sulfonamides is 1. The van der Waals surface area contributed by atoms with Crippen LogP contribution >= 0.6 is 0 Å². The normalized spacial score (nSPS) is 21.7. The van der Waals surface area contributed by atoms with Crippen LogP contribution < -0.4 is 5.32 Å². The number of nitrogens with one attached hydrogen (secondary N) is 1. The first-order chi connectivity index (χ1) is 12.4. The Labute approximate surface area is 158 Å². The van der Waals surface area contributed by atoms with Gasteiger partial charge < -0.3 is 10.1 Å². The van der Waals surface area contributed by atoms with Crippen LogP contribution in [0.4, 0.5) is 11.4 Å². The summed E-state index contributed by atoms with van der Waals surface area (Å²) in [5.41, 5.74) is -0.283. The number of hydrogen-bond acceptors (Lipinski definition) is 8. The van der Waals surface area contributed by atoms with Crippen molar-refractivity contribution in [2.24, 2.45) is 0 Å². The van der Waals surface area contributed by atoms with E-state index in [4.69, 9.17) is 4.74 Å². The summed E-state index contributed by atoms with van der Waals surface area (Å²) < 4.78 is 55.1. The minimum atomic E-state index is -3.75. The number of nitrogens with zero attached hydrogens (tertiary/aromatic N) is 2. The smallest absolute Gasteiger partial charge is 0.290 e. The van der Waals surface area contributed by atoms with Crippen LogP contribution in [0.5, 0.6) is 0 Å². The molecule has 2 unspecified atom stereocenters. The van der Waals surface area contributed by atoms with E-state index in [-0.39, 0.29) is 48.2 Å². The molecule has 2 atom stereocenters. The molecule has 1 aliphatic rings. The fraction of sp³-hybridized carbons (Fsp3) is 0.600. The summed E-state index contributed by atoms with van der Waals surface area (Å²) in [5.74, 6) is -0.200. The highest BCUT2D eigenvalue weighted by atomic mass is 32.2. The van der Waals surface area contributed by atoms with Gasteiger partial charge in [-0.3, -0.25) is 10.1 Å². The molecule has 152 valence electrons. The summed E-state index contributed by atoms with van der Waals surface area (Å²) in [4.78, 5) is 9.95. The number of morpholine rings is 1. The van der Waals surface area contributed by atoms with E-state index in [1.54, 1.807) is 13.8 Å². The zero-order valence-corrected chi connectivity index (χ0v) is 16.9. The van der Waals surface area contributed by atoms with Gasteiger partial charge >= 0.3 is 0 Å². The van der Waals surface area contributed by atoms with Crippen molar-refractivity contribution in [3.8, 4) is 0 Å². The van der Waals surface area contributed by atoms with E-state index in [1.165, 1.54) is 10.4 Å². The van der Waals surface area contributed by atoms with Crippen molar-refractivity contribution in [1.29, 1.82) is 0 Å². The van der Waals surface area contributed by atoms with Gasteiger partial charge in [-0.15, -0.1) is 0 Å². The number of benzene rings is 1. The quantitative estimate of drug-likeness (QED) is 0.505. The fourth-order valence-electron chi connectivity index (χ4n) is 2.89. The molecule has 1 saturated heterocycles. The molecular weight excluding hydrogens is 398 g/mol. The molecule has 27 heavy (non-hydrogen) atoms. The van der Waals surface area contributed by atoms with Gasteiger partial charge in [0.25, 0.3) is 5.69 Å². The van der Waals surface area contributed by atoms with Crippen molar-refractivity contribution in [2.45, 2.75) is 31.0 Å². The number of nitro groups is 1. The van der Waals surface area contributed by atoms with Gasteiger partial charge in [-0.2, -0.15) is 4.31 Å². The van der Waals surface area contributed by atoms with Crippen molar-refractivity contribution in [3.05, 3.63) is 28.3 Å². The monoisotopic (exact) mass is 421 g/mol. The molecule has 2 rings (SSSR count). The van der Waals surface area contributed by atoms with E-state index in [9.17, 15) is 26.9 Å². The summed E-state index contributed by atoms with van der Waals surface area (Å²) in [6.07, 6.45) is 0.504. The summed E-state index contributed by atoms with van der Waals surface area (Å²) in [7, 11) is -7.26. The van der Waals surface area contributed by atoms with Gasteiger partial charge in [-0.25, -0.2) is 16.8 Å². The molecule has 1 fully saturated rings. The first-order valence-corrected chi connectivity index (χ1v) is 11.8. The van der Waals surface area contributed by atoms with Crippen molar-refractivity contribution in [2.75, 3.05) is 37.0 Å². The first kappa shape index (κ1) is 21.5. The molecule has 0 bridgehead atoms. The van der Waals surface area contributed by atoms with Gasteiger partial charge in [0.1, 0.15) is 4.90 Å². The third-order valence-corrected chi connectivity index (χ3v) is 6.97. The van der Waals surface area contributed by atoms with Crippen molar-refractivity contribution in [3.63, 3.8) is 0 Å². The zero-order chi connectivity index (χ0) is 20.4. The SMILES string of the molecule is CC1CN(S(=O)(=O)CCNc2ccc(S(C)(=O)=O)c([N+](=O)[O-])c2)CC(C)O1. The van der Waals surface area contributed by atoms with Gasteiger partial charge in [0.05, 0.1) is 22.9 Å². The maximum Gasteiger partial charge on any atom is 0.290 e. The Balaban J connectivity index is 2.06. The second-order valence-electron chi connectivity index (χ2n) is 6.53. The highest BCUT2D eigenvalue weighted by Crippen LogP contribution is 2.27. The fourth-order valence-corrected chi connectivity index (χ4v) is 5.22. The lowest BCUT2D eigenvalue weighted by atomic mass is 10.3. The van der Waals surface area contributed by atoms with Gasteiger partial charge in [0.15, 0.2) is 9.84 Å². The highest BCUT2D eigenvalue weighted by Gasteiger charge is 2.30. The zero-order valence-electron chi connectivity index (χ0n) is 15.3. The second kappa shape index (κ2) is 8.09. The van der Waals surface area contributed by atoms with Gasteiger partial charge in [0.2, 0.25) is 10.0 Å². The standard InChI is InChI=1S/C15H23N3O7S2/c1-11-9-17(10-12(2)25-11)27(23,24)7-6-16-13-4-5-15(26(3,21)22)14(8-13)18(19)20/h4-5,8,11-12,16H,6-7,9-10H2,1-3H3. The largest absolute Gasteiger partial charge is 0.384 e. The lowest BCUT2D eigenvalue weighted by Gasteiger charge is -2.34. The molecular formula is C15H23N3O7S2. The Bertz CT molecular complexity index is 905. The Hall–Kier alpha value is -1.76. The lowest BCUT2D eigenvalue weighted by molar-refractivity contribution is -0.387. The maximum absolute atomic E-state index is 12.5. The predicted molar refractivity (Wildman–Crippen MR) is 100 cm³/mol. The maximum atomic E-state index is 12.5. The van der Waals surface area contributed by atoms with Gasteiger partial charge in [-0.05, 0) is 26.0 Å². The molecule has 0 aliphatic carbocycles. The predicted octanol–water partition coefficient (Wildman–Crippen LogP) is 0.849. The van der Waals surface area contributed by atoms with Gasteiger partial charge in [0, 0.05) is 37.6 Å². The summed E-state index contributed by atoms with van der Waals surface area (Å²) in [5, 5.41) is 13.9. The Morgan fingerprint density at radius 1 is 1.22 bits per heavy atom. The van der Waals surface area contributed by atoms with E-state index < -0.39 is 30.5 Å². The molecule has 1 aromatic rings. The molecule has 0 amide bonds. The average molecular weight is 421 g/mol. The van der Waals surface area contributed by atoms with Crippen LogP contribution in [0.2, 0.25) is 0 Å². The Kier molecular flexibility index (Phi) is 6.45. The van der Waals surface area contributed by atoms with Crippen LogP contribution in [0.15, 0.2) is 23.1 Å². The topological polar surface area (TPSA) is 136 Å². The lowest BCUT2D eigenvalue weighted by Crippen LogP contribution is -2.49. The molecule has 0 spiro atoms. The van der Waals surface area contributed by atoms with E-state index in [0.29, 0.717) is 0 Å². The Morgan fingerprint density at radius 2 is 1.81 bits per heavy atom. The van der Waals surface area contributed by atoms with E-state index in [0.717, 1.165) is 18.4 Å². The average Bonchev–Trinajstić information content (AvgIpc) is 2.52. The van der Waals surface area contributed by atoms with Gasteiger partial charge in [-0.1, -0.05) is 0 Å². The molecule has 0 saturated carbocycles. The first-order valence-electron chi connectivity index (χ1n) is 8.26. The molecule has 1 aliphatic heterocycles. The molecule has 12 heteroatoms. The van der Waals surface area contributed by atoms with Crippen molar-refractivity contribution >= 4 is 31.2 Å². The summed E-state index contributed by atoms with van der Waals surface area (Å²) in [6.45, 7) is 4.19. The van der Waals surface area contributed by atoms with Crippen LogP contribution in [-0.2, 0) is 24.6 Å². The number of hydrogen-bond donors (Lipinski definition) is 1. The molecule has 1 N–H and O–H groups in total. The van der Waals surface area contributed by atoms with E-state index in [2.05, 4.69) is 5.32 Å². The minimum Gasteiger partial charge on any atom is -0.384 e. The van der Waals surface area contributed by atoms with E-state index >= 15 is 0 Å². The number of ether oxygens (including phenoxy) is 1. The van der Waals surface area contributed by atoms with Crippen molar-refractivity contribution < 1.29 is 26.5 Å². The Morgan fingerprint density at radius 3 is 2.33 bits per heavy atom. The second-order valence-corrected chi connectivity index (χ2v) is 10.6. The molecule has 10 nitrogen and oxygen atoms in total. The van der Waals surface area contributed by atoms with Crippen LogP contribution in [0, 0.1) is 10.1 Å². The van der Waals surface area contributed by atoms with Crippen molar-refractivity contribution in [1.82, 2.24) is 4.31 Å². The highest BCUT2D eigenvalue weighted by molar-refractivity contribution is 7.90. The number of anilines is 1. The number of rotatable bonds is 7. The minimum absolute atomic E-state index is 0.0256. The van der Waals surface area contributed by atoms with Crippen LogP contribution in [0.25, 0.3) is 0 Å². The van der Waals surface area contributed by atoms with E-state index in [1.807, 2.05) is 0 Å². The third kappa shape index (κ3) is 5.61. The summed E-state index contributed by atoms with van der Waals surface area (Å²) >= 11 is 0.